The molecule has 0 unspecified atom stereocenters. The van der Waals surface area contributed by atoms with E-state index in [1.54, 1.807) is 6.07 Å². The van der Waals surface area contributed by atoms with Crippen LogP contribution in [-0.2, 0) is 4.74 Å². The van der Waals surface area contributed by atoms with Crippen LogP contribution in [0, 0.1) is 21.4 Å². The standard InChI is InChI=1S/C11H8N2O4/c1-17-11(14)9-4-5-10(13(15)16)8(7-9)3-2-6-12/h2-5,7H,1H3/b3-2+. The zero-order chi connectivity index (χ0) is 12.8. The van der Waals surface area contributed by atoms with Crippen molar-refractivity contribution in [3.63, 3.8) is 0 Å². The Morgan fingerprint density at radius 3 is 2.82 bits per heavy atom. The molecule has 0 saturated heterocycles. The highest BCUT2D eigenvalue weighted by atomic mass is 16.6. The Balaban J connectivity index is 3.29. The van der Waals surface area contributed by atoms with Crippen LogP contribution in [0.2, 0.25) is 0 Å². The van der Waals surface area contributed by atoms with Gasteiger partial charge < -0.3 is 4.74 Å². The zero-order valence-electron chi connectivity index (χ0n) is 8.91. The van der Waals surface area contributed by atoms with Crippen molar-refractivity contribution in [2.45, 2.75) is 0 Å². The average Bonchev–Trinajstić information content (AvgIpc) is 2.34. The van der Waals surface area contributed by atoms with Gasteiger partial charge in [-0.05, 0) is 18.2 Å². The van der Waals surface area contributed by atoms with Crippen LogP contribution in [0.25, 0.3) is 6.08 Å². The summed E-state index contributed by atoms with van der Waals surface area (Å²) in [6.45, 7) is 0. The Morgan fingerprint density at radius 2 is 2.29 bits per heavy atom. The highest BCUT2D eigenvalue weighted by Gasteiger charge is 2.15. The lowest BCUT2D eigenvalue weighted by atomic mass is 10.1. The number of ether oxygens (including phenoxy) is 1. The minimum atomic E-state index is -0.591. The molecule has 1 aromatic rings. The molecule has 0 aliphatic carbocycles. The highest BCUT2D eigenvalue weighted by Crippen LogP contribution is 2.21. The van der Waals surface area contributed by atoms with Crippen molar-refractivity contribution in [3.8, 4) is 6.07 Å². The first-order valence-corrected chi connectivity index (χ1v) is 4.53. The number of esters is 1. The second-order valence-electron chi connectivity index (χ2n) is 2.98. The molecule has 0 amide bonds. The van der Waals surface area contributed by atoms with Gasteiger partial charge in [-0.2, -0.15) is 5.26 Å². The largest absolute Gasteiger partial charge is 0.465 e. The molecular formula is C11H8N2O4. The summed E-state index contributed by atoms with van der Waals surface area (Å²) < 4.78 is 4.50. The first-order valence-electron chi connectivity index (χ1n) is 4.53. The molecule has 0 aromatic heterocycles. The van der Waals surface area contributed by atoms with E-state index in [-0.39, 0.29) is 16.8 Å². The van der Waals surface area contributed by atoms with Gasteiger partial charge in [-0.3, -0.25) is 10.1 Å². The molecule has 1 rings (SSSR count). The van der Waals surface area contributed by atoms with Gasteiger partial charge in [0.1, 0.15) is 0 Å². The normalized spacial score (nSPS) is 9.88. The minimum Gasteiger partial charge on any atom is -0.465 e. The third kappa shape index (κ3) is 2.89. The van der Waals surface area contributed by atoms with Crippen molar-refractivity contribution in [2.75, 3.05) is 7.11 Å². The quantitative estimate of drug-likeness (QED) is 0.343. The predicted molar refractivity (Wildman–Crippen MR) is 59.1 cm³/mol. The maximum Gasteiger partial charge on any atom is 0.337 e. The van der Waals surface area contributed by atoms with Gasteiger partial charge in [0.2, 0.25) is 0 Å². The molecule has 1 aromatic carbocycles. The summed E-state index contributed by atoms with van der Waals surface area (Å²) >= 11 is 0. The molecule has 0 bridgehead atoms. The molecule has 6 heteroatoms. The smallest absolute Gasteiger partial charge is 0.337 e. The van der Waals surface area contributed by atoms with Crippen molar-refractivity contribution in [1.29, 1.82) is 5.26 Å². The Hall–Kier alpha value is -2.68. The van der Waals surface area contributed by atoms with Gasteiger partial charge in [-0.15, -0.1) is 0 Å². The zero-order valence-corrected chi connectivity index (χ0v) is 8.91. The molecule has 0 radical (unpaired) electrons. The number of nitro groups is 1. The molecule has 86 valence electrons. The topological polar surface area (TPSA) is 93.2 Å². The molecule has 0 spiro atoms. The lowest BCUT2D eigenvalue weighted by molar-refractivity contribution is -0.385. The SMILES string of the molecule is COC(=O)c1ccc([N+](=O)[O-])c(/C=C/C#N)c1. The number of hydrogen-bond acceptors (Lipinski definition) is 5. The summed E-state index contributed by atoms with van der Waals surface area (Å²) in [6, 6.07) is 5.53. The number of nitrogens with zero attached hydrogens (tertiary/aromatic N) is 2. The summed E-state index contributed by atoms with van der Waals surface area (Å²) in [6.07, 6.45) is 2.37. The van der Waals surface area contributed by atoms with Crippen LogP contribution in [0.4, 0.5) is 5.69 Å². The van der Waals surface area contributed by atoms with Crippen LogP contribution in [0.3, 0.4) is 0 Å². The fourth-order valence-corrected chi connectivity index (χ4v) is 1.23. The van der Waals surface area contributed by atoms with Gasteiger partial charge in [0.25, 0.3) is 5.69 Å². The van der Waals surface area contributed by atoms with E-state index in [2.05, 4.69) is 4.74 Å². The third-order valence-electron chi connectivity index (χ3n) is 1.98. The van der Waals surface area contributed by atoms with Crippen molar-refractivity contribution in [1.82, 2.24) is 0 Å². The maximum absolute atomic E-state index is 11.2. The fourth-order valence-electron chi connectivity index (χ4n) is 1.23. The minimum absolute atomic E-state index is 0.177. The van der Waals surface area contributed by atoms with E-state index in [1.807, 2.05) is 0 Å². The lowest BCUT2D eigenvalue weighted by Gasteiger charge is -2.01. The molecule has 0 aliphatic rings. The van der Waals surface area contributed by atoms with Crippen molar-refractivity contribution >= 4 is 17.7 Å². The number of hydrogen-bond donors (Lipinski definition) is 0. The van der Waals surface area contributed by atoms with E-state index >= 15 is 0 Å². The number of carbonyl (C=O) groups is 1. The van der Waals surface area contributed by atoms with Gasteiger partial charge in [-0.1, -0.05) is 0 Å². The van der Waals surface area contributed by atoms with Crippen molar-refractivity contribution in [3.05, 3.63) is 45.5 Å². The van der Waals surface area contributed by atoms with E-state index in [1.165, 1.54) is 31.4 Å². The average molecular weight is 232 g/mol. The Bertz CT molecular complexity index is 529. The monoisotopic (exact) mass is 232 g/mol. The van der Waals surface area contributed by atoms with Crippen LogP contribution in [0.5, 0.6) is 0 Å². The number of allylic oxidation sites excluding steroid dienone is 1. The number of nitriles is 1. The molecule has 0 saturated carbocycles. The summed E-state index contributed by atoms with van der Waals surface area (Å²) in [7, 11) is 1.22. The first kappa shape index (κ1) is 12.4. The molecule has 0 fully saturated rings. The Kier molecular flexibility index (Phi) is 3.95. The molecule has 17 heavy (non-hydrogen) atoms. The molecule has 0 atom stereocenters. The van der Waals surface area contributed by atoms with Crippen LogP contribution in [0.1, 0.15) is 15.9 Å². The Labute approximate surface area is 96.9 Å². The van der Waals surface area contributed by atoms with Crippen molar-refractivity contribution in [2.24, 2.45) is 0 Å². The predicted octanol–water partition coefficient (Wildman–Crippen LogP) is 1.92. The summed E-state index contributed by atoms with van der Waals surface area (Å²) in [5, 5.41) is 19.1. The van der Waals surface area contributed by atoms with Crippen LogP contribution in [0.15, 0.2) is 24.3 Å². The number of benzene rings is 1. The lowest BCUT2D eigenvalue weighted by Crippen LogP contribution is -2.02. The first-order chi connectivity index (χ1) is 8.10. The van der Waals surface area contributed by atoms with Crippen molar-refractivity contribution < 1.29 is 14.5 Å². The van der Waals surface area contributed by atoms with Gasteiger partial charge in [0.15, 0.2) is 0 Å². The van der Waals surface area contributed by atoms with E-state index < -0.39 is 10.9 Å². The molecular weight excluding hydrogens is 224 g/mol. The number of methoxy groups -OCH3 is 1. The summed E-state index contributed by atoms with van der Waals surface area (Å²) in [5.74, 6) is -0.591. The van der Waals surface area contributed by atoms with E-state index in [0.29, 0.717) is 0 Å². The number of carbonyl (C=O) groups excluding carboxylic acids is 1. The van der Waals surface area contributed by atoms with Gasteiger partial charge in [0.05, 0.1) is 29.2 Å². The van der Waals surface area contributed by atoms with E-state index in [9.17, 15) is 14.9 Å². The van der Waals surface area contributed by atoms with Gasteiger partial charge in [-0.25, -0.2) is 4.79 Å². The second-order valence-corrected chi connectivity index (χ2v) is 2.98. The summed E-state index contributed by atoms with van der Waals surface area (Å²) in [5.41, 5.74) is 0.194. The van der Waals surface area contributed by atoms with Crippen LogP contribution in [-0.4, -0.2) is 18.0 Å². The second kappa shape index (κ2) is 5.42. The Morgan fingerprint density at radius 1 is 1.59 bits per heavy atom. The third-order valence-corrected chi connectivity index (χ3v) is 1.98. The van der Waals surface area contributed by atoms with Crippen LogP contribution < -0.4 is 0 Å². The fraction of sp³-hybridized carbons (Fsp3) is 0.0909. The molecule has 0 N–H and O–H groups in total. The highest BCUT2D eigenvalue weighted by molar-refractivity contribution is 5.90. The maximum atomic E-state index is 11.2. The number of nitro benzene ring substituents is 1. The molecule has 0 heterocycles. The van der Waals surface area contributed by atoms with E-state index in [0.717, 1.165) is 6.08 Å². The molecule has 0 aliphatic heterocycles. The molecule has 6 nitrogen and oxygen atoms in total. The van der Waals surface area contributed by atoms with Gasteiger partial charge >= 0.3 is 5.97 Å². The van der Waals surface area contributed by atoms with Crippen LogP contribution >= 0.6 is 0 Å². The summed E-state index contributed by atoms with van der Waals surface area (Å²) in [4.78, 5) is 21.4. The van der Waals surface area contributed by atoms with E-state index in [4.69, 9.17) is 5.26 Å². The van der Waals surface area contributed by atoms with Gasteiger partial charge in [0, 0.05) is 12.1 Å². The number of rotatable bonds is 3.